The SMILES string of the molecule is C=C[C@H](O)[C@H](O)[C@@H](O)[C@@H](O)[C@H](O)[C@H](O)CO. The Labute approximate surface area is 92.5 Å². The lowest BCUT2D eigenvalue weighted by molar-refractivity contribution is -0.152. The van der Waals surface area contributed by atoms with Crippen LogP contribution in [0.15, 0.2) is 12.7 Å². The molecule has 0 aromatic carbocycles. The molecule has 0 aromatic heterocycles. The maximum atomic E-state index is 9.34. The number of hydrogen-bond donors (Lipinski definition) is 7. The van der Waals surface area contributed by atoms with Crippen molar-refractivity contribution in [1.29, 1.82) is 0 Å². The Morgan fingerprint density at radius 1 is 0.812 bits per heavy atom. The van der Waals surface area contributed by atoms with Crippen LogP contribution >= 0.6 is 0 Å². The summed E-state index contributed by atoms with van der Waals surface area (Å²) in [7, 11) is 0. The monoisotopic (exact) mass is 238 g/mol. The van der Waals surface area contributed by atoms with E-state index in [1.165, 1.54) is 0 Å². The van der Waals surface area contributed by atoms with E-state index >= 15 is 0 Å². The summed E-state index contributed by atoms with van der Waals surface area (Å²) in [6.07, 6.45) is -9.59. The first kappa shape index (κ1) is 15.5. The third-order valence-electron chi connectivity index (χ3n) is 2.22. The molecule has 0 amide bonds. The van der Waals surface area contributed by atoms with Crippen molar-refractivity contribution in [3.8, 4) is 0 Å². The highest BCUT2D eigenvalue weighted by Crippen LogP contribution is 2.11. The maximum absolute atomic E-state index is 9.34. The molecule has 7 heteroatoms. The largest absolute Gasteiger partial charge is 0.394 e. The Bertz CT molecular complexity index is 210. The van der Waals surface area contributed by atoms with Gasteiger partial charge in [0.05, 0.1) is 6.61 Å². The van der Waals surface area contributed by atoms with Crippen molar-refractivity contribution < 1.29 is 35.7 Å². The topological polar surface area (TPSA) is 142 Å². The van der Waals surface area contributed by atoms with Gasteiger partial charge in [-0.3, -0.25) is 0 Å². The van der Waals surface area contributed by atoms with Crippen LogP contribution in [0.1, 0.15) is 0 Å². The molecule has 7 N–H and O–H groups in total. The van der Waals surface area contributed by atoms with Gasteiger partial charge in [-0.2, -0.15) is 0 Å². The zero-order chi connectivity index (χ0) is 12.9. The van der Waals surface area contributed by atoms with E-state index in [0.717, 1.165) is 6.08 Å². The Balaban J connectivity index is 4.47. The van der Waals surface area contributed by atoms with Gasteiger partial charge in [0.25, 0.3) is 0 Å². The normalized spacial score (nSPS) is 22.9. The summed E-state index contributed by atoms with van der Waals surface area (Å²) in [5.41, 5.74) is 0. The lowest BCUT2D eigenvalue weighted by Crippen LogP contribution is -2.52. The van der Waals surface area contributed by atoms with Gasteiger partial charge in [0.1, 0.15) is 36.6 Å². The van der Waals surface area contributed by atoms with E-state index < -0.39 is 43.2 Å². The summed E-state index contributed by atoms with van der Waals surface area (Å²) in [5, 5.41) is 63.7. The van der Waals surface area contributed by atoms with Crippen LogP contribution in [0, 0.1) is 0 Å². The second-order valence-electron chi connectivity index (χ2n) is 3.44. The van der Waals surface area contributed by atoms with Crippen molar-refractivity contribution in [3.63, 3.8) is 0 Å². The number of hydrogen-bond acceptors (Lipinski definition) is 7. The first-order valence-electron chi connectivity index (χ1n) is 4.68. The van der Waals surface area contributed by atoms with E-state index in [4.69, 9.17) is 15.3 Å². The first-order valence-corrected chi connectivity index (χ1v) is 4.68. The second kappa shape index (κ2) is 6.92. The summed E-state index contributed by atoms with van der Waals surface area (Å²) in [6, 6.07) is 0. The smallest absolute Gasteiger partial charge is 0.112 e. The quantitative estimate of drug-likeness (QED) is 0.226. The highest BCUT2D eigenvalue weighted by atomic mass is 16.4. The van der Waals surface area contributed by atoms with Gasteiger partial charge in [0.15, 0.2) is 0 Å². The van der Waals surface area contributed by atoms with E-state index in [1.807, 2.05) is 0 Å². The van der Waals surface area contributed by atoms with Crippen LogP contribution in [0.25, 0.3) is 0 Å². The van der Waals surface area contributed by atoms with E-state index in [-0.39, 0.29) is 0 Å². The molecule has 0 aliphatic heterocycles. The predicted octanol–water partition coefficient (Wildman–Crippen LogP) is -3.67. The van der Waals surface area contributed by atoms with Crippen molar-refractivity contribution in [2.24, 2.45) is 0 Å². The number of aliphatic hydroxyl groups excluding tert-OH is 7. The van der Waals surface area contributed by atoms with Crippen LogP contribution < -0.4 is 0 Å². The van der Waals surface area contributed by atoms with Gasteiger partial charge in [-0.05, 0) is 0 Å². The van der Waals surface area contributed by atoms with E-state index in [1.54, 1.807) is 0 Å². The van der Waals surface area contributed by atoms with Crippen LogP contribution in [-0.4, -0.2) is 79.0 Å². The van der Waals surface area contributed by atoms with Gasteiger partial charge in [-0.25, -0.2) is 0 Å². The Kier molecular flexibility index (Phi) is 6.68. The van der Waals surface area contributed by atoms with Crippen molar-refractivity contribution in [3.05, 3.63) is 12.7 Å². The zero-order valence-corrected chi connectivity index (χ0v) is 8.59. The van der Waals surface area contributed by atoms with E-state index in [9.17, 15) is 20.4 Å². The average molecular weight is 238 g/mol. The minimum absolute atomic E-state index is 0.814. The minimum Gasteiger partial charge on any atom is -0.394 e. The van der Waals surface area contributed by atoms with Crippen LogP contribution in [0.2, 0.25) is 0 Å². The molecule has 0 saturated heterocycles. The van der Waals surface area contributed by atoms with Gasteiger partial charge in [-0.15, -0.1) is 6.58 Å². The van der Waals surface area contributed by atoms with Gasteiger partial charge >= 0.3 is 0 Å². The van der Waals surface area contributed by atoms with Crippen LogP contribution in [-0.2, 0) is 0 Å². The Hall–Kier alpha value is -0.540. The molecule has 0 radical (unpaired) electrons. The lowest BCUT2D eigenvalue weighted by Gasteiger charge is -2.29. The van der Waals surface area contributed by atoms with Gasteiger partial charge in [-0.1, -0.05) is 6.08 Å². The second-order valence-corrected chi connectivity index (χ2v) is 3.44. The van der Waals surface area contributed by atoms with Gasteiger partial charge in [0.2, 0.25) is 0 Å². The van der Waals surface area contributed by atoms with E-state index in [2.05, 4.69) is 6.58 Å². The molecule has 0 rings (SSSR count). The molecule has 0 unspecified atom stereocenters. The highest BCUT2D eigenvalue weighted by Gasteiger charge is 2.36. The summed E-state index contributed by atoms with van der Waals surface area (Å²) < 4.78 is 0. The predicted molar refractivity (Wildman–Crippen MR) is 53.3 cm³/mol. The van der Waals surface area contributed by atoms with Crippen LogP contribution in [0.4, 0.5) is 0 Å². The van der Waals surface area contributed by atoms with Crippen LogP contribution in [0.3, 0.4) is 0 Å². The lowest BCUT2D eigenvalue weighted by atomic mass is 9.96. The molecule has 0 aliphatic carbocycles. The molecular weight excluding hydrogens is 220 g/mol. The molecular formula is C9H18O7. The molecule has 0 heterocycles. The van der Waals surface area contributed by atoms with Gasteiger partial charge in [0, 0.05) is 0 Å². The Morgan fingerprint density at radius 2 is 1.25 bits per heavy atom. The van der Waals surface area contributed by atoms with Crippen molar-refractivity contribution in [2.45, 2.75) is 36.6 Å². The molecule has 6 atom stereocenters. The molecule has 0 saturated carbocycles. The molecule has 16 heavy (non-hydrogen) atoms. The molecule has 0 spiro atoms. The van der Waals surface area contributed by atoms with Gasteiger partial charge < -0.3 is 35.7 Å². The molecule has 7 nitrogen and oxygen atoms in total. The first-order chi connectivity index (χ1) is 7.36. The Morgan fingerprint density at radius 3 is 1.62 bits per heavy atom. The van der Waals surface area contributed by atoms with Crippen molar-refractivity contribution >= 4 is 0 Å². The standard InChI is InChI=1S/C9H18O7/c1-2-4(11)6(13)8(15)9(16)7(14)5(12)3-10/h2,4-16H,1,3H2/t4-,5+,6-,7+,8+,9-/m0/s1. The molecule has 0 aromatic rings. The molecule has 0 bridgehead atoms. The number of rotatable bonds is 7. The summed E-state index contributed by atoms with van der Waals surface area (Å²) in [6.45, 7) is 2.35. The zero-order valence-electron chi connectivity index (χ0n) is 8.59. The number of aliphatic hydroxyl groups is 7. The molecule has 0 aliphatic rings. The fourth-order valence-electron chi connectivity index (χ4n) is 1.08. The van der Waals surface area contributed by atoms with Crippen LogP contribution in [0.5, 0.6) is 0 Å². The summed E-state index contributed by atoms with van der Waals surface area (Å²) in [4.78, 5) is 0. The third kappa shape index (κ3) is 3.80. The maximum Gasteiger partial charge on any atom is 0.112 e. The summed E-state index contributed by atoms with van der Waals surface area (Å²) in [5.74, 6) is 0. The van der Waals surface area contributed by atoms with Crippen molar-refractivity contribution in [2.75, 3.05) is 6.61 Å². The summed E-state index contributed by atoms with van der Waals surface area (Å²) >= 11 is 0. The van der Waals surface area contributed by atoms with E-state index in [0.29, 0.717) is 0 Å². The molecule has 96 valence electrons. The van der Waals surface area contributed by atoms with Crippen molar-refractivity contribution in [1.82, 2.24) is 0 Å². The molecule has 0 fully saturated rings. The average Bonchev–Trinajstić information content (AvgIpc) is 2.32. The fraction of sp³-hybridized carbons (Fsp3) is 0.778. The third-order valence-corrected chi connectivity index (χ3v) is 2.22. The minimum atomic E-state index is -1.91. The highest BCUT2D eigenvalue weighted by molar-refractivity contribution is 4.93. The fourth-order valence-corrected chi connectivity index (χ4v) is 1.08.